The van der Waals surface area contributed by atoms with E-state index in [1.54, 1.807) is 24.3 Å². The summed E-state index contributed by atoms with van der Waals surface area (Å²) in [6.45, 7) is 0.582. The molecule has 1 heterocycles. The Hall–Kier alpha value is -2.76. The molecule has 1 aliphatic carbocycles. The van der Waals surface area contributed by atoms with Crippen LogP contribution >= 0.6 is 0 Å². The summed E-state index contributed by atoms with van der Waals surface area (Å²) >= 11 is 0. The zero-order valence-corrected chi connectivity index (χ0v) is 15.3. The van der Waals surface area contributed by atoms with Gasteiger partial charge in [-0.3, -0.25) is 14.6 Å². The van der Waals surface area contributed by atoms with E-state index in [1.165, 1.54) is 25.4 Å². The fraction of sp³-hybridized carbons (Fsp3) is 0.381. The number of hydrogen-bond acceptors (Lipinski definition) is 4. The molecule has 1 amide bonds. The first-order chi connectivity index (χ1) is 13.1. The van der Waals surface area contributed by atoms with E-state index in [2.05, 4.69) is 10.3 Å². The van der Waals surface area contributed by atoms with E-state index in [1.807, 2.05) is 0 Å². The number of nitrogens with zero attached hydrogens (tertiary/aromatic N) is 1. The van der Waals surface area contributed by atoms with Crippen molar-refractivity contribution >= 4 is 11.9 Å². The van der Waals surface area contributed by atoms with Gasteiger partial charge in [0.2, 0.25) is 0 Å². The Morgan fingerprint density at radius 2 is 1.96 bits per heavy atom. The highest BCUT2D eigenvalue weighted by Gasteiger charge is 2.27. The van der Waals surface area contributed by atoms with Gasteiger partial charge in [0.15, 0.2) is 0 Å². The molecule has 1 aliphatic rings. The molecule has 6 heteroatoms. The average Bonchev–Trinajstić information content (AvgIpc) is 2.72. The minimum atomic E-state index is -0.321. The third-order valence-electron chi connectivity index (χ3n) is 5.08. The monoisotopic (exact) mass is 370 g/mol. The number of hydrogen-bond donors (Lipinski definition) is 1. The molecule has 5 nitrogen and oxygen atoms in total. The first-order valence-electron chi connectivity index (χ1n) is 9.15. The zero-order chi connectivity index (χ0) is 19.2. The van der Waals surface area contributed by atoms with Crippen LogP contribution in [0.2, 0.25) is 0 Å². The van der Waals surface area contributed by atoms with Gasteiger partial charge < -0.3 is 10.1 Å². The molecule has 27 heavy (non-hydrogen) atoms. The van der Waals surface area contributed by atoms with Crippen molar-refractivity contribution in [2.45, 2.75) is 25.7 Å². The number of esters is 1. The molecule has 1 aromatic carbocycles. The molecule has 0 aliphatic heterocycles. The minimum absolute atomic E-state index is 0.0125. The molecule has 1 fully saturated rings. The summed E-state index contributed by atoms with van der Waals surface area (Å²) in [6, 6.07) is 9.59. The van der Waals surface area contributed by atoms with E-state index < -0.39 is 0 Å². The maximum Gasteiger partial charge on any atom is 0.308 e. The first-order valence-corrected chi connectivity index (χ1v) is 9.15. The SMILES string of the molecule is COC(=O)C1CCC(CNC(=O)c2ccc(-c3cccc(F)c3)nc2)CC1. The van der Waals surface area contributed by atoms with Crippen LogP contribution < -0.4 is 5.32 Å². The quantitative estimate of drug-likeness (QED) is 0.817. The molecule has 0 radical (unpaired) electrons. The topological polar surface area (TPSA) is 68.3 Å². The standard InChI is InChI=1S/C21H23FN2O3/c1-27-21(26)15-7-5-14(6-8-15)12-24-20(25)17-9-10-19(23-13-17)16-3-2-4-18(22)11-16/h2-4,9-11,13-15H,5-8,12H2,1H3,(H,24,25). The van der Waals surface area contributed by atoms with Gasteiger partial charge in [0.25, 0.3) is 5.91 Å². The number of ether oxygens (including phenoxy) is 1. The molecule has 2 aromatic rings. The van der Waals surface area contributed by atoms with E-state index in [4.69, 9.17) is 4.74 Å². The number of amides is 1. The van der Waals surface area contributed by atoms with Crippen molar-refractivity contribution < 1.29 is 18.7 Å². The van der Waals surface area contributed by atoms with Crippen LogP contribution in [-0.4, -0.2) is 30.5 Å². The number of rotatable bonds is 5. The second-order valence-electron chi connectivity index (χ2n) is 6.89. The second-order valence-corrected chi connectivity index (χ2v) is 6.89. The van der Waals surface area contributed by atoms with Crippen molar-refractivity contribution in [3.05, 3.63) is 54.0 Å². The fourth-order valence-corrected chi connectivity index (χ4v) is 3.45. The van der Waals surface area contributed by atoms with Gasteiger partial charge in [-0.15, -0.1) is 0 Å². The molecule has 1 aromatic heterocycles. The summed E-state index contributed by atoms with van der Waals surface area (Å²) < 4.78 is 18.1. The minimum Gasteiger partial charge on any atom is -0.469 e. The molecule has 0 saturated heterocycles. The van der Waals surface area contributed by atoms with Crippen LogP contribution in [0.15, 0.2) is 42.6 Å². The normalized spacial score (nSPS) is 19.3. The van der Waals surface area contributed by atoms with Gasteiger partial charge in [-0.1, -0.05) is 12.1 Å². The van der Waals surface area contributed by atoms with Gasteiger partial charge in [-0.2, -0.15) is 0 Å². The lowest BCUT2D eigenvalue weighted by Gasteiger charge is -2.26. The van der Waals surface area contributed by atoms with E-state index in [0.29, 0.717) is 29.3 Å². The van der Waals surface area contributed by atoms with E-state index in [9.17, 15) is 14.0 Å². The maximum absolute atomic E-state index is 13.3. The molecular weight excluding hydrogens is 347 g/mol. The van der Waals surface area contributed by atoms with Crippen LogP contribution in [0.5, 0.6) is 0 Å². The number of nitrogens with one attached hydrogen (secondary N) is 1. The summed E-state index contributed by atoms with van der Waals surface area (Å²) in [6.07, 6.45) is 4.91. The number of benzene rings is 1. The van der Waals surface area contributed by atoms with Crippen molar-refractivity contribution in [1.82, 2.24) is 10.3 Å². The highest BCUT2D eigenvalue weighted by molar-refractivity contribution is 5.94. The van der Waals surface area contributed by atoms with Gasteiger partial charge >= 0.3 is 5.97 Å². The predicted octanol–water partition coefficient (Wildman–Crippen LogP) is 3.60. The van der Waals surface area contributed by atoms with E-state index >= 15 is 0 Å². The van der Waals surface area contributed by atoms with Gasteiger partial charge in [-0.25, -0.2) is 4.39 Å². The van der Waals surface area contributed by atoms with Gasteiger partial charge in [-0.05, 0) is 55.9 Å². The van der Waals surface area contributed by atoms with E-state index in [-0.39, 0.29) is 23.6 Å². The Bertz CT molecular complexity index is 799. The largest absolute Gasteiger partial charge is 0.469 e. The number of carbonyl (C=O) groups excluding carboxylic acids is 2. The van der Waals surface area contributed by atoms with Gasteiger partial charge in [0.1, 0.15) is 5.82 Å². The molecule has 142 valence electrons. The highest BCUT2D eigenvalue weighted by atomic mass is 19.1. The van der Waals surface area contributed by atoms with Crippen molar-refractivity contribution in [2.75, 3.05) is 13.7 Å². The predicted molar refractivity (Wildman–Crippen MR) is 99.4 cm³/mol. The lowest BCUT2D eigenvalue weighted by atomic mass is 9.82. The first kappa shape index (κ1) is 19.0. The Labute approximate surface area is 158 Å². The number of carbonyl (C=O) groups is 2. The molecule has 0 bridgehead atoms. The van der Waals surface area contributed by atoms with Crippen LogP contribution in [0.3, 0.4) is 0 Å². The molecular formula is C21H23FN2O3. The van der Waals surface area contributed by atoms with Gasteiger partial charge in [0, 0.05) is 18.3 Å². The van der Waals surface area contributed by atoms with Crippen molar-refractivity contribution in [3.63, 3.8) is 0 Å². The Morgan fingerprint density at radius 1 is 1.19 bits per heavy atom. The lowest BCUT2D eigenvalue weighted by Crippen LogP contribution is -2.32. The highest BCUT2D eigenvalue weighted by Crippen LogP contribution is 2.29. The number of halogens is 1. The van der Waals surface area contributed by atoms with Crippen molar-refractivity contribution in [2.24, 2.45) is 11.8 Å². The molecule has 0 unspecified atom stereocenters. The van der Waals surface area contributed by atoms with Crippen LogP contribution in [0.4, 0.5) is 4.39 Å². The smallest absolute Gasteiger partial charge is 0.308 e. The number of aromatic nitrogens is 1. The average molecular weight is 370 g/mol. The lowest BCUT2D eigenvalue weighted by molar-refractivity contribution is -0.146. The Kier molecular flexibility index (Phi) is 6.16. The zero-order valence-electron chi connectivity index (χ0n) is 15.3. The number of pyridine rings is 1. The summed E-state index contributed by atoms with van der Waals surface area (Å²) in [7, 11) is 1.42. The molecule has 0 atom stereocenters. The Balaban J connectivity index is 1.51. The van der Waals surface area contributed by atoms with Gasteiger partial charge in [0.05, 0.1) is 24.3 Å². The third kappa shape index (κ3) is 4.90. The van der Waals surface area contributed by atoms with Crippen LogP contribution in [0.25, 0.3) is 11.3 Å². The number of methoxy groups -OCH3 is 1. The molecule has 1 saturated carbocycles. The Morgan fingerprint density at radius 3 is 2.59 bits per heavy atom. The summed E-state index contributed by atoms with van der Waals surface area (Å²) in [5.74, 6) is -0.278. The molecule has 0 spiro atoms. The van der Waals surface area contributed by atoms with Crippen molar-refractivity contribution in [1.29, 1.82) is 0 Å². The molecule has 1 N–H and O–H groups in total. The summed E-state index contributed by atoms with van der Waals surface area (Å²) in [4.78, 5) is 28.1. The van der Waals surface area contributed by atoms with Crippen LogP contribution in [0, 0.1) is 17.7 Å². The van der Waals surface area contributed by atoms with Crippen molar-refractivity contribution in [3.8, 4) is 11.3 Å². The third-order valence-corrected chi connectivity index (χ3v) is 5.08. The summed E-state index contributed by atoms with van der Waals surface area (Å²) in [5, 5.41) is 2.94. The maximum atomic E-state index is 13.3. The second kappa shape index (κ2) is 8.75. The fourth-order valence-electron chi connectivity index (χ4n) is 3.45. The van der Waals surface area contributed by atoms with Crippen LogP contribution in [0.1, 0.15) is 36.0 Å². The van der Waals surface area contributed by atoms with Crippen LogP contribution in [-0.2, 0) is 9.53 Å². The molecule has 3 rings (SSSR count). The van der Waals surface area contributed by atoms with E-state index in [0.717, 1.165) is 25.7 Å². The summed E-state index contributed by atoms with van der Waals surface area (Å²) in [5.41, 5.74) is 1.76.